The molecule has 178 valence electrons. The molecule has 0 saturated carbocycles. The first-order valence-electron chi connectivity index (χ1n) is 11.4. The minimum Gasteiger partial charge on any atom is -0.483 e. The van der Waals surface area contributed by atoms with Crippen LogP contribution in [0.1, 0.15) is 5.56 Å². The Morgan fingerprint density at radius 2 is 1.58 bits per heavy atom. The minimum atomic E-state index is -0.348. The fraction of sp³-hybridized carbons (Fsp3) is 0.0690. The number of nitrogens with zero attached hydrogens (tertiary/aromatic N) is 1. The third kappa shape index (κ3) is 5.42. The summed E-state index contributed by atoms with van der Waals surface area (Å²) >= 11 is 5.28. The molecule has 0 aliphatic heterocycles. The Kier molecular flexibility index (Phi) is 6.73. The van der Waals surface area contributed by atoms with Crippen LogP contribution >= 0.6 is 12.2 Å². The Balaban J connectivity index is 1.22. The first-order valence-corrected chi connectivity index (χ1v) is 11.8. The highest BCUT2D eigenvalue weighted by Crippen LogP contribution is 2.28. The van der Waals surface area contributed by atoms with Crippen LogP contribution < -0.4 is 15.4 Å². The molecule has 5 aromatic rings. The van der Waals surface area contributed by atoms with Gasteiger partial charge in [0.05, 0.1) is 0 Å². The number of hydrogen-bond acceptors (Lipinski definition) is 5. The average molecular weight is 494 g/mol. The number of benzene rings is 4. The lowest BCUT2D eigenvalue weighted by Gasteiger charge is -2.11. The zero-order chi connectivity index (χ0) is 24.9. The number of carbonyl (C=O) groups is 1. The molecule has 2 N–H and O–H groups in total. The first-order chi connectivity index (χ1) is 17.5. The van der Waals surface area contributed by atoms with Gasteiger partial charge in [-0.05, 0) is 72.2 Å². The second kappa shape index (κ2) is 10.4. The molecule has 0 atom stereocenters. The molecular formula is C29H23N3O3S. The maximum atomic E-state index is 12.2. The van der Waals surface area contributed by atoms with Gasteiger partial charge in [0.25, 0.3) is 5.91 Å². The Morgan fingerprint density at radius 1 is 0.889 bits per heavy atom. The normalized spacial score (nSPS) is 10.7. The van der Waals surface area contributed by atoms with Gasteiger partial charge >= 0.3 is 0 Å². The summed E-state index contributed by atoms with van der Waals surface area (Å²) in [6.07, 6.45) is 0. The predicted octanol–water partition coefficient (Wildman–Crippen LogP) is 6.36. The van der Waals surface area contributed by atoms with Gasteiger partial charge in [-0.2, -0.15) is 0 Å². The van der Waals surface area contributed by atoms with Crippen LogP contribution in [0, 0.1) is 6.92 Å². The van der Waals surface area contributed by atoms with Crippen molar-refractivity contribution in [3.63, 3.8) is 0 Å². The zero-order valence-corrected chi connectivity index (χ0v) is 20.3. The maximum absolute atomic E-state index is 12.2. The number of amides is 1. The van der Waals surface area contributed by atoms with Gasteiger partial charge in [-0.1, -0.05) is 60.7 Å². The summed E-state index contributed by atoms with van der Waals surface area (Å²) in [4.78, 5) is 16.9. The van der Waals surface area contributed by atoms with E-state index < -0.39 is 0 Å². The van der Waals surface area contributed by atoms with E-state index in [1.807, 2.05) is 79.7 Å². The van der Waals surface area contributed by atoms with Gasteiger partial charge < -0.3 is 14.5 Å². The number of aryl methyl sites for hydroxylation is 1. The number of aromatic nitrogens is 1. The summed E-state index contributed by atoms with van der Waals surface area (Å²) in [5.74, 6) is 0.846. The maximum Gasteiger partial charge on any atom is 0.264 e. The molecule has 1 heterocycles. The number of para-hydroxylation sites is 1. The summed E-state index contributed by atoms with van der Waals surface area (Å²) in [5.41, 5.74) is 6.15. The standard InChI is InChI=1S/C29H23N3O3S/c1-19-7-5-6-10-25(19)34-18-27(33)32-29(36)30-23-15-16-26-24(17-23)31-28(35-26)22-13-11-21(12-14-22)20-8-3-2-4-9-20/h2-17H,18H2,1H3,(H2,30,32,33,36). The van der Waals surface area contributed by atoms with Crippen LogP contribution in [-0.2, 0) is 4.79 Å². The quantitative estimate of drug-likeness (QED) is 0.268. The second-order valence-corrected chi connectivity index (χ2v) is 8.61. The van der Waals surface area contributed by atoms with E-state index in [0.29, 0.717) is 28.4 Å². The molecule has 7 heteroatoms. The number of ether oxygens (including phenoxy) is 1. The Labute approximate surface area is 213 Å². The molecule has 1 amide bonds. The van der Waals surface area contributed by atoms with Crippen molar-refractivity contribution in [2.75, 3.05) is 11.9 Å². The third-order valence-electron chi connectivity index (χ3n) is 5.59. The molecule has 4 aromatic carbocycles. The van der Waals surface area contributed by atoms with Crippen LogP contribution in [-0.4, -0.2) is 22.6 Å². The van der Waals surface area contributed by atoms with Gasteiger partial charge in [0.15, 0.2) is 17.3 Å². The average Bonchev–Trinajstić information content (AvgIpc) is 3.32. The monoisotopic (exact) mass is 493 g/mol. The molecule has 0 aliphatic carbocycles. The Bertz CT molecular complexity index is 1530. The lowest BCUT2D eigenvalue weighted by Crippen LogP contribution is -2.37. The molecule has 0 spiro atoms. The third-order valence-corrected chi connectivity index (χ3v) is 5.79. The van der Waals surface area contributed by atoms with E-state index in [4.69, 9.17) is 21.4 Å². The molecular weight excluding hydrogens is 470 g/mol. The molecule has 1 aromatic heterocycles. The van der Waals surface area contributed by atoms with E-state index in [1.165, 1.54) is 0 Å². The summed E-state index contributed by atoms with van der Waals surface area (Å²) in [5, 5.41) is 5.81. The number of oxazole rings is 1. The molecule has 6 nitrogen and oxygen atoms in total. The Hall–Kier alpha value is -4.49. The summed E-state index contributed by atoms with van der Waals surface area (Å²) in [6, 6.07) is 31.3. The van der Waals surface area contributed by atoms with Crippen molar-refractivity contribution in [1.82, 2.24) is 10.3 Å². The smallest absolute Gasteiger partial charge is 0.264 e. The highest BCUT2D eigenvalue weighted by Gasteiger charge is 2.11. The number of rotatable bonds is 6. The van der Waals surface area contributed by atoms with Gasteiger partial charge in [-0.3, -0.25) is 10.1 Å². The molecule has 0 bridgehead atoms. The molecule has 0 unspecified atom stereocenters. The van der Waals surface area contributed by atoms with Crippen molar-refractivity contribution in [3.8, 4) is 28.3 Å². The lowest BCUT2D eigenvalue weighted by atomic mass is 10.0. The number of carbonyl (C=O) groups excluding carboxylic acids is 1. The molecule has 0 saturated heterocycles. The molecule has 5 rings (SSSR count). The van der Waals surface area contributed by atoms with E-state index in [0.717, 1.165) is 22.3 Å². The number of fused-ring (bicyclic) bond motifs is 1. The van der Waals surface area contributed by atoms with E-state index >= 15 is 0 Å². The lowest BCUT2D eigenvalue weighted by molar-refractivity contribution is -0.121. The van der Waals surface area contributed by atoms with Crippen molar-refractivity contribution in [3.05, 3.63) is 103 Å². The second-order valence-electron chi connectivity index (χ2n) is 8.20. The van der Waals surface area contributed by atoms with Crippen LogP contribution in [0.4, 0.5) is 5.69 Å². The van der Waals surface area contributed by atoms with Gasteiger partial charge in [0.2, 0.25) is 5.89 Å². The predicted molar refractivity (Wildman–Crippen MR) is 146 cm³/mol. The SMILES string of the molecule is Cc1ccccc1OCC(=O)NC(=S)Nc1ccc2oc(-c3ccc(-c4ccccc4)cc3)nc2c1. The number of thiocarbonyl (C=S) groups is 1. The minimum absolute atomic E-state index is 0.137. The molecule has 0 aliphatic rings. The Morgan fingerprint density at radius 3 is 2.36 bits per heavy atom. The van der Waals surface area contributed by atoms with E-state index in [-0.39, 0.29) is 17.6 Å². The van der Waals surface area contributed by atoms with E-state index in [1.54, 1.807) is 0 Å². The fourth-order valence-corrected chi connectivity index (χ4v) is 3.98. The van der Waals surface area contributed by atoms with Gasteiger partial charge in [0, 0.05) is 11.3 Å². The fourth-order valence-electron chi connectivity index (χ4n) is 3.75. The van der Waals surface area contributed by atoms with Crippen molar-refractivity contribution >= 4 is 40.0 Å². The number of hydrogen-bond donors (Lipinski definition) is 2. The van der Waals surface area contributed by atoms with Crippen LogP contribution in [0.5, 0.6) is 5.75 Å². The van der Waals surface area contributed by atoms with Crippen LogP contribution in [0.2, 0.25) is 0 Å². The van der Waals surface area contributed by atoms with Crippen molar-refractivity contribution in [2.24, 2.45) is 0 Å². The molecule has 0 radical (unpaired) electrons. The summed E-state index contributed by atoms with van der Waals surface area (Å²) in [6.45, 7) is 1.78. The van der Waals surface area contributed by atoms with Crippen LogP contribution in [0.25, 0.3) is 33.7 Å². The van der Waals surface area contributed by atoms with Gasteiger partial charge in [-0.25, -0.2) is 4.98 Å². The molecule has 36 heavy (non-hydrogen) atoms. The summed E-state index contributed by atoms with van der Waals surface area (Å²) < 4.78 is 11.5. The molecule has 0 fully saturated rings. The largest absolute Gasteiger partial charge is 0.483 e. The first kappa shape index (κ1) is 23.3. The van der Waals surface area contributed by atoms with Crippen LogP contribution in [0.15, 0.2) is 101 Å². The number of anilines is 1. The van der Waals surface area contributed by atoms with Crippen molar-refractivity contribution in [1.29, 1.82) is 0 Å². The highest BCUT2D eigenvalue weighted by atomic mass is 32.1. The summed E-state index contributed by atoms with van der Waals surface area (Å²) in [7, 11) is 0. The van der Waals surface area contributed by atoms with Crippen LogP contribution in [0.3, 0.4) is 0 Å². The highest BCUT2D eigenvalue weighted by molar-refractivity contribution is 7.80. The van der Waals surface area contributed by atoms with E-state index in [9.17, 15) is 4.79 Å². The van der Waals surface area contributed by atoms with E-state index in [2.05, 4.69) is 39.9 Å². The topological polar surface area (TPSA) is 76.4 Å². The van der Waals surface area contributed by atoms with Gasteiger partial charge in [-0.15, -0.1) is 0 Å². The van der Waals surface area contributed by atoms with Crippen molar-refractivity contribution in [2.45, 2.75) is 6.92 Å². The van der Waals surface area contributed by atoms with Crippen molar-refractivity contribution < 1.29 is 13.9 Å². The number of nitrogens with one attached hydrogen (secondary N) is 2. The zero-order valence-electron chi connectivity index (χ0n) is 19.5. The van der Waals surface area contributed by atoms with Gasteiger partial charge in [0.1, 0.15) is 11.3 Å².